The maximum Gasteiger partial charge on any atom is 0.123 e. The number of nitrogens with two attached hydrogens (primary N) is 1. The molecule has 3 heterocycles. The maximum atomic E-state index is 13.4. The van der Waals surface area contributed by atoms with E-state index in [1.165, 1.54) is 17.7 Å². The molecule has 2 N–H and O–H groups in total. The Kier molecular flexibility index (Phi) is 4.17. The van der Waals surface area contributed by atoms with E-state index in [1.54, 1.807) is 24.5 Å². The van der Waals surface area contributed by atoms with Gasteiger partial charge in [0.2, 0.25) is 0 Å². The molecule has 0 radical (unpaired) electrons. The smallest absolute Gasteiger partial charge is 0.123 e. The van der Waals surface area contributed by atoms with Gasteiger partial charge >= 0.3 is 0 Å². The fourth-order valence-electron chi connectivity index (χ4n) is 4.24. The molecule has 2 atom stereocenters. The average molecular weight is 372 g/mol. The first kappa shape index (κ1) is 17.1. The molecule has 4 aromatic rings. The Bertz CT molecular complexity index is 1120. The van der Waals surface area contributed by atoms with E-state index < -0.39 is 0 Å². The molecule has 5 rings (SSSR count). The van der Waals surface area contributed by atoms with Gasteiger partial charge in [0.05, 0.1) is 5.52 Å². The summed E-state index contributed by atoms with van der Waals surface area (Å²) in [6, 6.07) is 15.1. The first-order valence-corrected chi connectivity index (χ1v) is 9.63. The number of hydrogen-bond acceptors (Lipinski definition) is 3. The maximum absolute atomic E-state index is 13.4. The number of pyridine rings is 2. The van der Waals surface area contributed by atoms with Gasteiger partial charge in [0, 0.05) is 35.8 Å². The summed E-state index contributed by atoms with van der Waals surface area (Å²) in [5.41, 5.74) is 12.2. The van der Waals surface area contributed by atoms with Gasteiger partial charge in [-0.3, -0.25) is 4.98 Å². The van der Waals surface area contributed by atoms with Crippen molar-refractivity contribution in [2.24, 2.45) is 5.73 Å². The van der Waals surface area contributed by atoms with E-state index in [1.807, 2.05) is 16.6 Å². The molecule has 0 bridgehead atoms. The highest BCUT2D eigenvalue weighted by atomic mass is 19.1. The van der Waals surface area contributed by atoms with Crippen molar-refractivity contribution in [2.45, 2.75) is 31.2 Å². The summed E-state index contributed by atoms with van der Waals surface area (Å²) in [6.45, 7) is 0. The van der Waals surface area contributed by atoms with Gasteiger partial charge in [0.15, 0.2) is 0 Å². The minimum absolute atomic E-state index is 0.252. The Morgan fingerprint density at radius 1 is 0.929 bits per heavy atom. The first-order valence-electron chi connectivity index (χ1n) is 9.63. The predicted octanol–water partition coefficient (Wildman–Crippen LogP) is 4.80. The van der Waals surface area contributed by atoms with Crippen LogP contribution in [0.5, 0.6) is 0 Å². The number of aromatic nitrogens is 3. The van der Waals surface area contributed by atoms with Crippen LogP contribution in [0.1, 0.15) is 30.7 Å². The van der Waals surface area contributed by atoms with Crippen molar-refractivity contribution in [2.75, 3.05) is 0 Å². The van der Waals surface area contributed by atoms with Crippen molar-refractivity contribution < 1.29 is 4.39 Å². The second-order valence-electron chi connectivity index (χ2n) is 7.53. The molecule has 140 valence electrons. The van der Waals surface area contributed by atoms with Crippen LogP contribution in [0.3, 0.4) is 0 Å². The normalized spacial score (nSPS) is 19.4. The van der Waals surface area contributed by atoms with Gasteiger partial charge in [-0.25, -0.2) is 8.91 Å². The lowest BCUT2D eigenvalue weighted by Crippen LogP contribution is -2.14. The first-order chi connectivity index (χ1) is 13.7. The minimum Gasteiger partial charge on any atom is -0.328 e. The molecular formula is C23H21FN4. The Hall–Kier alpha value is -3.05. The second-order valence-corrected chi connectivity index (χ2v) is 7.53. The van der Waals surface area contributed by atoms with E-state index in [-0.39, 0.29) is 5.82 Å². The molecule has 28 heavy (non-hydrogen) atoms. The molecule has 3 aromatic heterocycles. The highest BCUT2D eigenvalue weighted by Gasteiger charge is 2.24. The molecule has 4 nitrogen and oxygen atoms in total. The van der Waals surface area contributed by atoms with E-state index >= 15 is 0 Å². The number of hydrogen-bond donors (Lipinski definition) is 1. The van der Waals surface area contributed by atoms with Crippen molar-refractivity contribution in [3.63, 3.8) is 0 Å². The largest absolute Gasteiger partial charge is 0.328 e. The highest BCUT2D eigenvalue weighted by Crippen LogP contribution is 2.38. The fraction of sp³-hybridized carbons (Fsp3) is 0.217. The van der Waals surface area contributed by atoms with Gasteiger partial charge in [-0.05, 0) is 78.8 Å². The molecule has 1 fully saturated rings. The van der Waals surface area contributed by atoms with E-state index in [0.29, 0.717) is 12.0 Å². The van der Waals surface area contributed by atoms with E-state index in [9.17, 15) is 4.39 Å². The van der Waals surface area contributed by atoms with Crippen molar-refractivity contribution in [3.05, 3.63) is 78.5 Å². The van der Waals surface area contributed by atoms with Crippen molar-refractivity contribution >= 4 is 5.52 Å². The van der Waals surface area contributed by atoms with Crippen LogP contribution in [-0.2, 0) is 0 Å². The summed E-state index contributed by atoms with van der Waals surface area (Å²) >= 11 is 0. The van der Waals surface area contributed by atoms with E-state index in [4.69, 9.17) is 10.8 Å². The van der Waals surface area contributed by atoms with Crippen LogP contribution in [0.4, 0.5) is 4.39 Å². The molecule has 0 aliphatic heterocycles. The summed E-state index contributed by atoms with van der Waals surface area (Å²) in [5.74, 6) is 0.236. The van der Waals surface area contributed by atoms with Crippen molar-refractivity contribution in [1.29, 1.82) is 0 Å². The SMILES string of the molecule is NC1CCC(c2ccc3c(-c4ccncc4)c(-c4ccc(F)cc4)nn3c2)C1. The van der Waals surface area contributed by atoms with Crippen LogP contribution in [0, 0.1) is 5.82 Å². The zero-order valence-corrected chi connectivity index (χ0v) is 15.4. The van der Waals surface area contributed by atoms with Gasteiger partial charge in [-0.1, -0.05) is 6.07 Å². The Morgan fingerprint density at radius 3 is 2.43 bits per heavy atom. The van der Waals surface area contributed by atoms with Gasteiger partial charge in [0.25, 0.3) is 0 Å². The molecule has 1 saturated carbocycles. The third-order valence-corrected chi connectivity index (χ3v) is 5.68. The molecule has 1 aliphatic rings. The van der Waals surface area contributed by atoms with Crippen LogP contribution in [0.25, 0.3) is 27.9 Å². The van der Waals surface area contributed by atoms with Crippen molar-refractivity contribution in [3.8, 4) is 22.4 Å². The minimum atomic E-state index is -0.252. The number of nitrogens with zero attached hydrogens (tertiary/aromatic N) is 3. The van der Waals surface area contributed by atoms with Crippen LogP contribution in [0.2, 0.25) is 0 Å². The molecule has 1 aliphatic carbocycles. The molecule has 0 amide bonds. The highest BCUT2D eigenvalue weighted by molar-refractivity contribution is 5.92. The molecule has 0 saturated heterocycles. The van der Waals surface area contributed by atoms with Crippen LogP contribution in [0.15, 0.2) is 67.1 Å². The summed E-state index contributed by atoms with van der Waals surface area (Å²) in [5, 5.41) is 4.88. The topological polar surface area (TPSA) is 56.2 Å². The third-order valence-electron chi connectivity index (χ3n) is 5.68. The Labute approximate surface area is 162 Å². The zero-order chi connectivity index (χ0) is 19.1. The predicted molar refractivity (Wildman–Crippen MR) is 108 cm³/mol. The standard InChI is InChI=1S/C23H21FN4/c24-19-5-1-16(2-6-19)23-22(15-9-11-26-12-10-15)21-8-4-18(14-28(21)27-23)17-3-7-20(25)13-17/h1-2,4-6,8-12,14,17,20H,3,7,13,25H2. The monoisotopic (exact) mass is 372 g/mol. The lowest BCUT2D eigenvalue weighted by Gasteiger charge is -2.10. The summed E-state index contributed by atoms with van der Waals surface area (Å²) < 4.78 is 15.4. The Balaban J connectivity index is 1.69. The molecule has 2 unspecified atom stereocenters. The number of rotatable bonds is 3. The summed E-state index contributed by atoms with van der Waals surface area (Å²) in [4.78, 5) is 4.13. The number of halogens is 1. The fourth-order valence-corrected chi connectivity index (χ4v) is 4.24. The number of benzene rings is 1. The lowest BCUT2D eigenvalue weighted by atomic mass is 9.97. The van der Waals surface area contributed by atoms with Crippen molar-refractivity contribution in [1.82, 2.24) is 14.6 Å². The van der Waals surface area contributed by atoms with E-state index in [2.05, 4.69) is 23.3 Å². The average Bonchev–Trinajstić information content (AvgIpc) is 3.32. The zero-order valence-electron chi connectivity index (χ0n) is 15.4. The van der Waals surface area contributed by atoms with Gasteiger partial charge in [0.1, 0.15) is 11.5 Å². The Morgan fingerprint density at radius 2 is 1.71 bits per heavy atom. The molecule has 1 aromatic carbocycles. The third kappa shape index (κ3) is 2.98. The number of fused-ring (bicyclic) bond motifs is 1. The lowest BCUT2D eigenvalue weighted by molar-refractivity contribution is 0.628. The summed E-state index contributed by atoms with van der Waals surface area (Å²) in [6.07, 6.45) is 8.90. The van der Waals surface area contributed by atoms with Crippen LogP contribution >= 0.6 is 0 Å². The van der Waals surface area contributed by atoms with Gasteiger partial charge in [-0.15, -0.1) is 0 Å². The second kappa shape index (κ2) is 6.84. The van der Waals surface area contributed by atoms with Crippen LogP contribution < -0.4 is 5.73 Å². The van der Waals surface area contributed by atoms with Gasteiger partial charge in [-0.2, -0.15) is 5.10 Å². The van der Waals surface area contributed by atoms with Gasteiger partial charge < -0.3 is 5.73 Å². The quantitative estimate of drug-likeness (QED) is 0.562. The summed E-state index contributed by atoms with van der Waals surface area (Å²) in [7, 11) is 0. The molecular weight excluding hydrogens is 351 g/mol. The van der Waals surface area contributed by atoms with E-state index in [0.717, 1.165) is 47.2 Å². The molecule has 5 heteroatoms. The van der Waals surface area contributed by atoms with Crippen LogP contribution in [-0.4, -0.2) is 20.6 Å². The molecule has 0 spiro atoms.